The maximum atomic E-state index is 12.4. The molecule has 0 saturated heterocycles. The number of aromatic nitrogens is 3. The highest BCUT2D eigenvalue weighted by atomic mass is 35.5. The molecule has 0 N–H and O–H groups in total. The van der Waals surface area contributed by atoms with E-state index in [1.165, 1.54) is 6.42 Å². The van der Waals surface area contributed by atoms with E-state index in [1.807, 2.05) is 0 Å². The molecule has 1 saturated carbocycles. The summed E-state index contributed by atoms with van der Waals surface area (Å²) >= 11 is 5.90. The zero-order valence-electron chi connectivity index (χ0n) is 12.0. The Balaban J connectivity index is 1.67. The van der Waals surface area contributed by atoms with Gasteiger partial charge in [-0.25, -0.2) is 0 Å². The normalized spacial score (nSPS) is 15.0. The second-order valence-electron chi connectivity index (χ2n) is 5.49. The highest BCUT2D eigenvalue weighted by Crippen LogP contribution is 2.35. The fraction of sp³-hybridized carbons (Fsp3) is 0.500. The Labute approximate surface area is 127 Å². The summed E-state index contributed by atoms with van der Waals surface area (Å²) in [5, 5.41) is 4.49. The van der Waals surface area contributed by atoms with Gasteiger partial charge in [-0.2, -0.15) is 4.98 Å². The van der Waals surface area contributed by atoms with Gasteiger partial charge in [0.25, 0.3) is 5.91 Å². The van der Waals surface area contributed by atoms with Gasteiger partial charge in [0.15, 0.2) is 5.82 Å². The zero-order valence-corrected chi connectivity index (χ0v) is 12.8. The Hall–Kier alpha value is -1.82. The maximum absolute atomic E-state index is 12.4. The standard InChI is InChI=1S/C14H17ClN4O2/c1-18-7-10(15)6-11(18)14(20)19(2)8-12-16-13(21-17-12)9-4-3-5-9/h6-7,9H,3-5,8H2,1-2H3. The van der Waals surface area contributed by atoms with Crippen LogP contribution in [0.15, 0.2) is 16.8 Å². The number of aryl methyl sites for hydroxylation is 1. The number of hydrogen-bond acceptors (Lipinski definition) is 4. The van der Waals surface area contributed by atoms with Crippen LogP contribution >= 0.6 is 11.6 Å². The van der Waals surface area contributed by atoms with Gasteiger partial charge >= 0.3 is 0 Å². The topological polar surface area (TPSA) is 64.2 Å². The molecule has 112 valence electrons. The van der Waals surface area contributed by atoms with Gasteiger partial charge in [0.1, 0.15) is 5.69 Å². The molecular weight excluding hydrogens is 292 g/mol. The molecule has 0 radical (unpaired) electrons. The number of rotatable bonds is 4. The second-order valence-corrected chi connectivity index (χ2v) is 5.93. The number of hydrogen-bond donors (Lipinski definition) is 0. The van der Waals surface area contributed by atoms with Crippen molar-refractivity contribution >= 4 is 17.5 Å². The number of nitrogens with zero attached hydrogens (tertiary/aromatic N) is 4. The molecule has 1 amide bonds. The van der Waals surface area contributed by atoms with Crippen molar-refractivity contribution in [3.8, 4) is 0 Å². The molecule has 3 rings (SSSR count). The van der Waals surface area contributed by atoms with Gasteiger partial charge in [-0.1, -0.05) is 23.2 Å². The Morgan fingerprint density at radius 2 is 2.33 bits per heavy atom. The van der Waals surface area contributed by atoms with Crippen LogP contribution in [0.4, 0.5) is 0 Å². The first-order valence-electron chi connectivity index (χ1n) is 6.94. The molecule has 0 aliphatic heterocycles. The summed E-state index contributed by atoms with van der Waals surface area (Å²) in [6.07, 6.45) is 5.14. The van der Waals surface area contributed by atoms with E-state index < -0.39 is 0 Å². The van der Waals surface area contributed by atoms with Crippen LogP contribution in [0.1, 0.15) is 47.4 Å². The van der Waals surface area contributed by atoms with E-state index in [1.54, 1.807) is 35.8 Å². The number of amides is 1. The number of carbonyl (C=O) groups excluding carboxylic acids is 1. The number of halogens is 1. The first-order valence-corrected chi connectivity index (χ1v) is 7.32. The summed E-state index contributed by atoms with van der Waals surface area (Å²) < 4.78 is 6.96. The van der Waals surface area contributed by atoms with Gasteiger partial charge < -0.3 is 14.0 Å². The monoisotopic (exact) mass is 308 g/mol. The molecule has 0 bridgehead atoms. The van der Waals surface area contributed by atoms with Gasteiger partial charge in [0.2, 0.25) is 5.89 Å². The molecule has 0 unspecified atom stereocenters. The second kappa shape index (κ2) is 5.52. The van der Waals surface area contributed by atoms with E-state index in [0.717, 1.165) is 12.8 Å². The largest absolute Gasteiger partial charge is 0.345 e. The Bertz CT molecular complexity index is 660. The summed E-state index contributed by atoms with van der Waals surface area (Å²) in [6, 6.07) is 1.65. The average Bonchev–Trinajstić information content (AvgIpc) is 2.93. The summed E-state index contributed by atoms with van der Waals surface area (Å²) in [6.45, 7) is 0.317. The predicted molar refractivity (Wildman–Crippen MR) is 77.1 cm³/mol. The smallest absolute Gasteiger partial charge is 0.270 e. The summed E-state index contributed by atoms with van der Waals surface area (Å²) in [5.41, 5.74) is 0.533. The molecule has 2 heterocycles. The van der Waals surface area contributed by atoms with Crippen molar-refractivity contribution < 1.29 is 9.32 Å². The van der Waals surface area contributed by atoms with Crippen LogP contribution in [0.2, 0.25) is 5.02 Å². The molecule has 1 fully saturated rings. The van der Waals surface area contributed by atoms with Gasteiger partial charge in [0, 0.05) is 26.2 Å². The summed E-state index contributed by atoms with van der Waals surface area (Å²) in [7, 11) is 3.50. The lowest BCUT2D eigenvalue weighted by Crippen LogP contribution is -2.28. The van der Waals surface area contributed by atoms with Crippen LogP contribution in [0.3, 0.4) is 0 Å². The molecule has 2 aromatic rings. The minimum Gasteiger partial charge on any atom is -0.345 e. The van der Waals surface area contributed by atoms with Crippen molar-refractivity contribution in [1.82, 2.24) is 19.6 Å². The molecule has 0 atom stereocenters. The Morgan fingerprint density at radius 3 is 2.90 bits per heavy atom. The van der Waals surface area contributed by atoms with Crippen molar-refractivity contribution in [3.63, 3.8) is 0 Å². The van der Waals surface area contributed by atoms with Crippen LogP contribution in [0, 0.1) is 0 Å². The minimum absolute atomic E-state index is 0.126. The first-order chi connectivity index (χ1) is 10.0. The molecule has 7 heteroatoms. The minimum atomic E-state index is -0.126. The predicted octanol–water partition coefficient (Wildman–Crippen LogP) is 2.60. The van der Waals surface area contributed by atoms with Gasteiger partial charge in [-0.3, -0.25) is 4.79 Å². The molecular formula is C14H17ClN4O2. The van der Waals surface area contributed by atoms with Gasteiger partial charge in [-0.15, -0.1) is 0 Å². The highest BCUT2D eigenvalue weighted by Gasteiger charge is 2.26. The quantitative estimate of drug-likeness (QED) is 0.871. The van der Waals surface area contributed by atoms with Crippen molar-refractivity contribution in [3.05, 3.63) is 34.7 Å². The van der Waals surface area contributed by atoms with E-state index in [4.69, 9.17) is 16.1 Å². The van der Waals surface area contributed by atoms with Gasteiger partial charge in [-0.05, 0) is 18.9 Å². The molecule has 0 spiro atoms. The Kier molecular flexibility index (Phi) is 3.71. The average molecular weight is 309 g/mol. The van der Waals surface area contributed by atoms with E-state index in [9.17, 15) is 4.79 Å². The van der Waals surface area contributed by atoms with Crippen LogP contribution < -0.4 is 0 Å². The van der Waals surface area contributed by atoms with E-state index in [0.29, 0.717) is 34.9 Å². The van der Waals surface area contributed by atoms with E-state index >= 15 is 0 Å². The lowest BCUT2D eigenvalue weighted by Gasteiger charge is -2.20. The molecule has 2 aromatic heterocycles. The molecule has 21 heavy (non-hydrogen) atoms. The lowest BCUT2D eigenvalue weighted by molar-refractivity contribution is 0.0771. The van der Waals surface area contributed by atoms with Gasteiger partial charge in [0.05, 0.1) is 11.6 Å². The lowest BCUT2D eigenvalue weighted by atomic mass is 9.85. The third kappa shape index (κ3) is 2.81. The van der Waals surface area contributed by atoms with Crippen molar-refractivity contribution in [2.75, 3.05) is 7.05 Å². The third-order valence-electron chi connectivity index (χ3n) is 3.85. The molecule has 1 aliphatic rings. The zero-order chi connectivity index (χ0) is 15.0. The first kappa shape index (κ1) is 14.1. The summed E-state index contributed by atoms with van der Waals surface area (Å²) in [5.74, 6) is 1.50. The summed E-state index contributed by atoms with van der Waals surface area (Å²) in [4.78, 5) is 18.3. The van der Waals surface area contributed by atoms with Crippen LogP contribution in [0.25, 0.3) is 0 Å². The Morgan fingerprint density at radius 1 is 1.57 bits per heavy atom. The molecule has 1 aliphatic carbocycles. The van der Waals surface area contributed by atoms with Crippen molar-refractivity contribution in [2.24, 2.45) is 7.05 Å². The number of carbonyl (C=O) groups is 1. The highest BCUT2D eigenvalue weighted by molar-refractivity contribution is 6.31. The fourth-order valence-corrected chi connectivity index (χ4v) is 2.62. The fourth-order valence-electron chi connectivity index (χ4n) is 2.37. The molecule has 0 aromatic carbocycles. The molecule has 6 nitrogen and oxygen atoms in total. The van der Waals surface area contributed by atoms with Crippen LogP contribution in [-0.4, -0.2) is 32.6 Å². The van der Waals surface area contributed by atoms with Crippen molar-refractivity contribution in [1.29, 1.82) is 0 Å². The van der Waals surface area contributed by atoms with Crippen LogP contribution in [-0.2, 0) is 13.6 Å². The maximum Gasteiger partial charge on any atom is 0.270 e. The third-order valence-corrected chi connectivity index (χ3v) is 4.06. The van der Waals surface area contributed by atoms with E-state index in [2.05, 4.69) is 10.1 Å². The van der Waals surface area contributed by atoms with Crippen molar-refractivity contribution in [2.45, 2.75) is 31.7 Å². The van der Waals surface area contributed by atoms with Crippen LogP contribution in [0.5, 0.6) is 0 Å². The van der Waals surface area contributed by atoms with E-state index in [-0.39, 0.29) is 5.91 Å². The SMILES string of the molecule is CN(Cc1noc(C2CCC2)n1)C(=O)c1cc(Cl)cn1C.